The van der Waals surface area contributed by atoms with Crippen LogP contribution in [-0.4, -0.2) is 73.3 Å². The van der Waals surface area contributed by atoms with E-state index in [4.69, 9.17) is 9.84 Å². The Morgan fingerprint density at radius 3 is 2.76 bits per heavy atom. The van der Waals surface area contributed by atoms with E-state index in [1.807, 2.05) is 0 Å². The van der Waals surface area contributed by atoms with E-state index in [0.29, 0.717) is 19.6 Å². The summed E-state index contributed by atoms with van der Waals surface area (Å²) < 4.78 is 28.3. The van der Waals surface area contributed by atoms with Crippen LogP contribution in [0, 0.1) is 0 Å². The second kappa shape index (κ2) is 5.80. The molecule has 2 saturated heterocycles. The zero-order valence-corrected chi connectivity index (χ0v) is 12.7. The molecule has 2 atom stereocenters. The van der Waals surface area contributed by atoms with E-state index in [1.54, 1.807) is 6.92 Å². The molecule has 0 aromatic carbocycles. The van der Waals surface area contributed by atoms with Crippen molar-refractivity contribution in [2.24, 2.45) is 0 Å². The second-order valence-corrected chi connectivity index (χ2v) is 8.04. The Morgan fingerprint density at radius 2 is 2.19 bits per heavy atom. The van der Waals surface area contributed by atoms with Crippen molar-refractivity contribution in [3.8, 4) is 0 Å². The van der Waals surface area contributed by atoms with Crippen LogP contribution in [0.5, 0.6) is 0 Å². The third kappa shape index (κ3) is 4.07. The minimum Gasteiger partial charge on any atom is -0.481 e. The van der Waals surface area contributed by atoms with Gasteiger partial charge >= 0.3 is 12.0 Å². The lowest BCUT2D eigenvalue weighted by Crippen LogP contribution is -2.58. The van der Waals surface area contributed by atoms with Gasteiger partial charge in [0, 0.05) is 6.54 Å². The van der Waals surface area contributed by atoms with Gasteiger partial charge in [0.1, 0.15) is 0 Å². The number of carbonyl (C=O) groups is 2. The summed E-state index contributed by atoms with van der Waals surface area (Å²) in [7, 11) is -3.11. The highest BCUT2D eigenvalue weighted by Crippen LogP contribution is 2.23. The lowest BCUT2D eigenvalue weighted by Gasteiger charge is -2.37. The summed E-state index contributed by atoms with van der Waals surface area (Å²) in [6.07, 6.45) is 0.178. The highest BCUT2D eigenvalue weighted by Gasteiger charge is 2.41. The van der Waals surface area contributed by atoms with Gasteiger partial charge in [-0.15, -0.1) is 0 Å². The fourth-order valence-corrected chi connectivity index (χ4v) is 4.83. The first kappa shape index (κ1) is 16.0. The van der Waals surface area contributed by atoms with Crippen LogP contribution < -0.4 is 5.32 Å². The number of carboxylic acid groups (broad SMARTS) is 1. The number of hydrogen-bond donors (Lipinski definition) is 2. The van der Waals surface area contributed by atoms with Crippen molar-refractivity contribution in [1.82, 2.24) is 10.2 Å². The number of urea groups is 1. The Bertz CT molecular complexity index is 534. The van der Waals surface area contributed by atoms with Crippen LogP contribution in [0.4, 0.5) is 4.79 Å². The Kier molecular flexibility index (Phi) is 4.43. The molecule has 0 aromatic heterocycles. The minimum atomic E-state index is -3.11. The number of carbonyl (C=O) groups excluding carboxylic acids is 1. The average Bonchev–Trinajstić information content (AvgIpc) is 2.63. The van der Waals surface area contributed by atoms with Gasteiger partial charge in [-0.25, -0.2) is 13.2 Å². The molecule has 2 rings (SSSR count). The molecule has 21 heavy (non-hydrogen) atoms. The van der Waals surface area contributed by atoms with Crippen molar-refractivity contribution in [2.45, 2.75) is 31.3 Å². The van der Waals surface area contributed by atoms with E-state index in [9.17, 15) is 18.0 Å². The number of nitrogens with zero attached hydrogens (tertiary/aromatic N) is 1. The monoisotopic (exact) mass is 320 g/mol. The van der Waals surface area contributed by atoms with Gasteiger partial charge in [-0.05, 0) is 13.3 Å². The topological polar surface area (TPSA) is 113 Å². The standard InChI is InChI=1S/C12H20N2O6S/c1-12(2-5-21(18,19)8-12)13-11(17)14-3-4-20-7-9(14)6-10(15)16/h9H,2-8H2,1H3,(H,13,17)(H,15,16). The van der Waals surface area contributed by atoms with Gasteiger partial charge in [-0.2, -0.15) is 0 Å². The molecule has 2 heterocycles. The maximum Gasteiger partial charge on any atom is 0.318 e. The van der Waals surface area contributed by atoms with Crippen LogP contribution in [0.2, 0.25) is 0 Å². The van der Waals surface area contributed by atoms with Crippen molar-refractivity contribution in [2.75, 3.05) is 31.3 Å². The van der Waals surface area contributed by atoms with Gasteiger partial charge in [0.15, 0.2) is 9.84 Å². The SMILES string of the molecule is CC1(NC(=O)N2CCOCC2CC(=O)O)CCS(=O)(=O)C1. The molecule has 0 bridgehead atoms. The molecule has 2 aliphatic rings. The fourth-order valence-electron chi connectivity index (χ4n) is 2.73. The summed E-state index contributed by atoms with van der Waals surface area (Å²) >= 11 is 0. The molecule has 0 aliphatic carbocycles. The van der Waals surface area contributed by atoms with Gasteiger partial charge < -0.3 is 20.1 Å². The third-order valence-corrected chi connectivity index (χ3v) is 5.71. The summed E-state index contributed by atoms with van der Waals surface area (Å²) in [6, 6.07) is -0.956. The van der Waals surface area contributed by atoms with Crippen molar-refractivity contribution in [3.63, 3.8) is 0 Å². The molecule has 0 aromatic rings. The maximum atomic E-state index is 12.3. The number of nitrogens with one attached hydrogen (secondary N) is 1. The van der Waals surface area contributed by atoms with E-state index in [-0.39, 0.29) is 24.5 Å². The smallest absolute Gasteiger partial charge is 0.318 e. The molecule has 120 valence electrons. The summed E-state index contributed by atoms with van der Waals surface area (Å²) in [5.41, 5.74) is -0.790. The predicted molar refractivity (Wildman–Crippen MR) is 73.8 cm³/mol. The summed E-state index contributed by atoms with van der Waals surface area (Å²) in [5.74, 6) is -1.02. The normalized spacial score (nSPS) is 31.9. The number of ether oxygens (including phenoxy) is 1. The van der Waals surface area contributed by atoms with Crippen LogP contribution in [0.15, 0.2) is 0 Å². The molecule has 8 nitrogen and oxygen atoms in total. The molecule has 2 fully saturated rings. The number of hydrogen-bond acceptors (Lipinski definition) is 5. The van der Waals surface area contributed by atoms with Crippen molar-refractivity contribution < 1.29 is 27.9 Å². The number of rotatable bonds is 3. The fraction of sp³-hybridized carbons (Fsp3) is 0.833. The molecule has 9 heteroatoms. The van der Waals surface area contributed by atoms with E-state index in [2.05, 4.69) is 5.32 Å². The molecule has 0 spiro atoms. The Labute approximate surface area is 123 Å². The predicted octanol–water partition coefficient (Wildman–Crippen LogP) is -0.551. The van der Waals surface area contributed by atoms with Crippen LogP contribution in [0.1, 0.15) is 19.8 Å². The van der Waals surface area contributed by atoms with Crippen molar-refractivity contribution in [1.29, 1.82) is 0 Å². The van der Waals surface area contributed by atoms with Gasteiger partial charge in [-0.1, -0.05) is 0 Å². The third-order valence-electron chi connectivity index (χ3n) is 3.81. The van der Waals surface area contributed by atoms with Gasteiger partial charge in [0.2, 0.25) is 0 Å². The maximum absolute atomic E-state index is 12.3. The number of morpholine rings is 1. The molecule has 0 radical (unpaired) electrons. The minimum absolute atomic E-state index is 0.0610. The first-order chi connectivity index (χ1) is 9.71. The first-order valence-electron chi connectivity index (χ1n) is 6.80. The number of carboxylic acids is 1. The first-order valence-corrected chi connectivity index (χ1v) is 8.62. The summed E-state index contributed by atoms with van der Waals surface area (Å²) in [4.78, 5) is 24.6. The molecular formula is C12H20N2O6S. The zero-order valence-electron chi connectivity index (χ0n) is 11.9. The Morgan fingerprint density at radius 1 is 1.48 bits per heavy atom. The largest absolute Gasteiger partial charge is 0.481 e. The highest BCUT2D eigenvalue weighted by atomic mass is 32.2. The van der Waals surface area contributed by atoms with Gasteiger partial charge in [0.25, 0.3) is 0 Å². The Balaban J connectivity index is 2.02. The quantitative estimate of drug-likeness (QED) is 0.721. The van der Waals surface area contributed by atoms with Crippen LogP contribution in [-0.2, 0) is 19.4 Å². The molecule has 2 N–H and O–H groups in total. The average molecular weight is 320 g/mol. The lowest BCUT2D eigenvalue weighted by atomic mass is 10.0. The number of amides is 2. The van der Waals surface area contributed by atoms with E-state index in [0.717, 1.165) is 0 Å². The summed E-state index contributed by atoms with van der Waals surface area (Å²) in [5, 5.41) is 11.6. The molecule has 2 aliphatic heterocycles. The van der Waals surface area contributed by atoms with E-state index < -0.39 is 33.4 Å². The number of aliphatic carboxylic acids is 1. The molecule has 2 amide bonds. The van der Waals surface area contributed by atoms with E-state index in [1.165, 1.54) is 4.90 Å². The second-order valence-electron chi connectivity index (χ2n) is 5.85. The van der Waals surface area contributed by atoms with Crippen molar-refractivity contribution in [3.05, 3.63) is 0 Å². The zero-order chi connectivity index (χ0) is 15.7. The van der Waals surface area contributed by atoms with Crippen LogP contribution >= 0.6 is 0 Å². The van der Waals surface area contributed by atoms with Crippen LogP contribution in [0.3, 0.4) is 0 Å². The molecular weight excluding hydrogens is 300 g/mol. The van der Waals surface area contributed by atoms with Gasteiger partial charge in [-0.3, -0.25) is 4.79 Å². The number of sulfone groups is 1. The lowest BCUT2D eigenvalue weighted by molar-refractivity contribution is -0.139. The van der Waals surface area contributed by atoms with Crippen molar-refractivity contribution >= 4 is 21.8 Å². The van der Waals surface area contributed by atoms with Crippen LogP contribution in [0.25, 0.3) is 0 Å². The molecule has 2 unspecified atom stereocenters. The summed E-state index contributed by atoms with van der Waals surface area (Å²) in [6.45, 7) is 2.52. The Hall–Kier alpha value is -1.35. The van der Waals surface area contributed by atoms with E-state index >= 15 is 0 Å². The highest BCUT2D eigenvalue weighted by molar-refractivity contribution is 7.91. The van der Waals surface area contributed by atoms with Gasteiger partial charge in [0.05, 0.1) is 42.7 Å². The molecule has 0 saturated carbocycles.